The molecule has 2 rings (SSSR count). The van der Waals surface area contributed by atoms with Gasteiger partial charge in [0.25, 0.3) is 0 Å². The van der Waals surface area contributed by atoms with Crippen molar-refractivity contribution in [3.8, 4) is 0 Å². The molecule has 0 saturated carbocycles. The minimum Gasteiger partial charge on any atom is -0.329 e. The van der Waals surface area contributed by atoms with Crippen molar-refractivity contribution in [1.82, 2.24) is 9.80 Å². The van der Waals surface area contributed by atoms with Crippen LogP contribution in [-0.2, 0) is 0 Å². The Morgan fingerprint density at radius 1 is 1.24 bits per heavy atom. The number of piperidine rings is 1. The summed E-state index contributed by atoms with van der Waals surface area (Å²) in [4.78, 5) is 4.90. The second-order valence-corrected chi connectivity index (χ2v) is 6.66. The molecule has 5 heteroatoms. The van der Waals surface area contributed by atoms with E-state index in [1.165, 1.54) is 25.9 Å². The molecule has 0 bridgehead atoms. The van der Waals surface area contributed by atoms with Gasteiger partial charge in [-0.2, -0.15) is 0 Å². The number of rotatable bonds is 5. The van der Waals surface area contributed by atoms with E-state index >= 15 is 0 Å². The minimum atomic E-state index is 0.166. The normalized spacial score (nSPS) is 19.1. The lowest BCUT2D eigenvalue weighted by atomic mass is 9.98. The van der Waals surface area contributed by atoms with Crippen LogP contribution in [0.1, 0.15) is 31.4 Å². The summed E-state index contributed by atoms with van der Waals surface area (Å²) in [6.45, 7) is 6.26. The van der Waals surface area contributed by atoms with E-state index in [4.69, 9.17) is 28.9 Å². The van der Waals surface area contributed by atoms with E-state index in [9.17, 15) is 0 Å². The lowest BCUT2D eigenvalue weighted by Crippen LogP contribution is -2.45. The first-order chi connectivity index (χ1) is 10.0. The van der Waals surface area contributed by atoms with Gasteiger partial charge >= 0.3 is 0 Å². The largest absolute Gasteiger partial charge is 0.329 e. The maximum Gasteiger partial charge on any atom is 0.0471 e. The molecule has 0 aromatic heterocycles. The molecule has 1 unspecified atom stereocenters. The molecule has 1 aromatic carbocycles. The van der Waals surface area contributed by atoms with Gasteiger partial charge in [-0.15, -0.1) is 0 Å². The van der Waals surface area contributed by atoms with Crippen molar-refractivity contribution in [3.63, 3.8) is 0 Å². The van der Waals surface area contributed by atoms with Crippen molar-refractivity contribution in [2.45, 2.75) is 31.8 Å². The molecular formula is C16H25Cl2N3. The van der Waals surface area contributed by atoms with Gasteiger partial charge in [0.1, 0.15) is 0 Å². The zero-order chi connectivity index (χ0) is 15.4. The average molecular weight is 330 g/mol. The van der Waals surface area contributed by atoms with E-state index in [0.29, 0.717) is 22.6 Å². The molecule has 2 N–H and O–H groups in total. The van der Waals surface area contributed by atoms with Crippen LogP contribution in [0.4, 0.5) is 0 Å². The lowest BCUT2D eigenvalue weighted by molar-refractivity contribution is 0.101. The SMILES string of the molecule is CCN1CCC(N(C)C(CN)c2cc(Cl)cc(Cl)c2)CC1. The first-order valence-corrected chi connectivity index (χ1v) is 8.41. The van der Waals surface area contributed by atoms with Crippen LogP contribution in [0.3, 0.4) is 0 Å². The first-order valence-electron chi connectivity index (χ1n) is 7.65. The van der Waals surface area contributed by atoms with Gasteiger partial charge in [-0.1, -0.05) is 30.1 Å². The van der Waals surface area contributed by atoms with Crippen LogP contribution in [0.5, 0.6) is 0 Å². The van der Waals surface area contributed by atoms with Crippen molar-refractivity contribution >= 4 is 23.2 Å². The number of benzene rings is 1. The van der Waals surface area contributed by atoms with Crippen LogP contribution in [0, 0.1) is 0 Å². The highest BCUT2D eigenvalue weighted by molar-refractivity contribution is 6.34. The predicted octanol–water partition coefficient (Wildman–Crippen LogP) is 3.41. The fraction of sp³-hybridized carbons (Fsp3) is 0.625. The van der Waals surface area contributed by atoms with E-state index in [-0.39, 0.29) is 6.04 Å². The van der Waals surface area contributed by atoms with Gasteiger partial charge in [-0.05, 0) is 63.3 Å². The first kappa shape index (κ1) is 17.0. The van der Waals surface area contributed by atoms with Gasteiger partial charge < -0.3 is 10.6 Å². The third kappa shape index (κ3) is 4.33. The summed E-state index contributed by atoms with van der Waals surface area (Å²) >= 11 is 12.3. The van der Waals surface area contributed by atoms with E-state index in [1.54, 1.807) is 6.07 Å². The molecule has 1 saturated heterocycles. The molecule has 1 aliphatic heterocycles. The topological polar surface area (TPSA) is 32.5 Å². The number of likely N-dealkylation sites (N-methyl/N-ethyl adjacent to an activating group) is 1. The van der Waals surface area contributed by atoms with Crippen LogP contribution in [-0.4, -0.2) is 49.1 Å². The third-order valence-corrected chi connectivity index (χ3v) is 5.00. The maximum absolute atomic E-state index is 6.13. The molecule has 3 nitrogen and oxygen atoms in total. The fourth-order valence-electron chi connectivity index (χ4n) is 3.20. The number of nitrogens with two attached hydrogens (primary N) is 1. The Morgan fingerprint density at radius 2 is 1.81 bits per heavy atom. The van der Waals surface area contributed by atoms with Crippen molar-refractivity contribution in [1.29, 1.82) is 0 Å². The van der Waals surface area contributed by atoms with Crippen molar-refractivity contribution in [2.24, 2.45) is 5.73 Å². The summed E-state index contributed by atoms with van der Waals surface area (Å²) in [5.41, 5.74) is 7.13. The zero-order valence-electron chi connectivity index (χ0n) is 12.9. The van der Waals surface area contributed by atoms with E-state index in [1.807, 2.05) is 12.1 Å². The van der Waals surface area contributed by atoms with Gasteiger partial charge in [0.15, 0.2) is 0 Å². The lowest BCUT2D eigenvalue weighted by Gasteiger charge is -2.40. The van der Waals surface area contributed by atoms with Crippen molar-refractivity contribution in [2.75, 3.05) is 33.2 Å². The Balaban J connectivity index is 2.09. The minimum absolute atomic E-state index is 0.166. The molecule has 1 fully saturated rings. The average Bonchev–Trinajstić information content (AvgIpc) is 2.47. The summed E-state index contributed by atoms with van der Waals surface area (Å²) in [7, 11) is 2.17. The Labute approximate surface area is 138 Å². The monoisotopic (exact) mass is 329 g/mol. The predicted molar refractivity (Wildman–Crippen MR) is 91.2 cm³/mol. The summed E-state index contributed by atoms with van der Waals surface area (Å²) < 4.78 is 0. The second kappa shape index (κ2) is 7.80. The Morgan fingerprint density at radius 3 is 2.29 bits per heavy atom. The van der Waals surface area contributed by atoms with Crippen LogP contribution in [0.2, 0.25) is 10.0 Å². The third-order valence-electron chi connectivity index (χ3n) is 4.56. The van der Waals surface area contributed by atoms with Crippen LogP contribution < -0.4 is 5.73 Å². The molecule has 1 aromatic rings. The number of nitrogens with zero attached hydrogens (tertiary/aromatic N) is 2. The van der Waals surface area contributed by atoms with Gasteiger partial charge in [-0.3, -0.25) is 4.90 Å². The van der Waals surface area contributed by atoms with Crippen molar-refractivity contribution in [3.05, 3.63) is 33.8 Å². The van der Waals surface area contributed by atoms with Gasteiger partial charge in [-0.25, -0.2) is 0 Å². The molecule has 21 heavy (non-hydrogen) atoms. The van der Waals surface area contributed by atoms with Gasteiger partial charge in [0.05, 0.1) is 0 Å². The second-order valence-electron chi connectivity index (χ2n) is 5.79. The molecule has 0 aliphatic carbocycles. The Kier molecular flexibility index (Phi) is 6.33. The quantitative estimate of drug-likeness (QED) is 0.898. The maximum atomic E-state index is 6.13. The van der Waals surface area contributed by atoms with Crippen molar-refractivity contribution < 1.29 is 0 Å². The number of halogens is 2. The molecule has 118 valence electrons. The smallest absolute Gasteiger partial charge is 0.0471 e. The molecule has 0 radical (unpaired) electrons. The fourth-order valence-corrected chi connectivity index (χ4v) is 3.75. The Hall–Kier alpha value is -0.320. The molecule has 0 amide bonds. The Bertz CT molecular complexity index is 439. The molecule has 0 spiro atoms. The molecular weight excluding hydrogens is 305 g/mol. The highest BCUT2D eigenvalue weighted by Gasteiger charge is 2.27. The summed E-state index contributed by atoms with van der Waals surface area (Å²) in [5, 5.41) is 1.34. The highest BCUT2D eigenvalue weighted by atomic mass is 35.5. The summed E-state index contributed by atoms with van der Waals surface area (Å²) in [5.74, 6) is 0. The van der Waals surface area contributed by atoms with Crippen LogP contribution in [0.25, 0.3) is 0 Å². The summed E-state index contributed by atoms with van der Waals surface area (Å²) in [6, 6.07) is 6.45. The number of hydrogen-bond acceptors (Lipinski definition) is 3. The van der Waals surface area contributed by atoms with E-state index in [0.717, 1.165) is 12.1 Å². The zero-order valence-corrected chi connectivity index (χ0v) is 14.4. The number of hydrogen-bond donors (Lipinski definition) is 1. The number of likely N-dealkylation sites (tertiary alicyclic amines) is 1. The van der Waals surface area contributed by atoms with Crippen LogP contribution >= 0.6 is 23.2 Å². The molecule has 1 atom stereocenters. The standard InChI is InChI=1S/C16H25Cl2N3/c1-3-21-6-4-15(5-7-21)20(2)16(11-19)12-8-13(17)10-14(18)9-12/h8-10,15-16H,3-7,11,19H2,1-2H3. The van der Waals surface area contributed by atoms with Gasteiger partial charge in [0.2, 0.25) is 0 Å². The molecule has 1 aliphatic rings. The molecule has 1 heterocycles. The van der Waals surface area contributed by atoms with Gasteiger partial charge in [0, 0.05) is 28.7 Å². The summed E-state index contributed by atoms with van der Waals surface area (Å²) in [6.07, 6.45) is 2.38. The van der Waals surface area contributed by atoms with Crippen LogP contribution in [0.15, 0.2) is 18.2 Å². The highest BCUT2D eigenvalue weighted by Crippen LogP contribution is 2.29. The van der Waals surface area contributed by atoms with E-state index < -0.39 is 0 Å². The van der Waals surface area contributed by atoms with E-state index in [2.05, 4.69) is 23.8 Å².